The number of aromatic nitrogens is 2. The zero-order chi connectivity index (χ0) is 20.9. The van der Waals surface area contributed by atoms with Crippen LogP contribution in [0.2, 0.25) is 0 Å². The fourth-order valence-corrected chi connectivity index (χ4v) is 3.57. The van der Waals surface area contributed by atoms with Crippen molar-refractivity contribution in [2.24, 2.45) is 0 Å². The number of nitrogens with one attached hydrogen (secondary N) is 2. The van der Waals surface area contributed by atoms with Gasteiger partial charge >= 0.3 is 0 Å². The van der Waals surface area contributed by atoms with E-state index in [9.17, 15) is 14.4 Å². The second kappa shape index (κ2) is 8.73. The predicted octanol–water partition coefficient (Wildman–Crippen LogP) is 2.47. The zero-order valence-electron chi connectivity index (χ0n) is 16.4. The van der Waals surface area contributed by atoms with E-state index in [0.29, 0.717) is 31.5 Å². The molecule has 1 saturated heterocycles. The Morgan fingerprint density at radius 1 is 0.900 bits per heavy atom. The summed E-state index contributed by atoms with van der Waals surface area (Å²) in [5, 5.41) is 9.13. The number of piperidine rings is 1. The number of amides is 2. The van der Waals surface area contributed by atoms with Crippen molar-refractivity contribution in [3.05, 3.63) is 88.3 Å². The molecule has 0 spiro atoms. The highest BCUT2D eigenvalue weighted by Crippen LogP contribution is 2.20. The molecule has 1 fully saturated rings. The lowest BCUT2D eigenvalue weighted by Gasteiger charge is -2.32. The van der Waals surface area contributed by atoms with Crippen molar-refractivity contribution in [2.75, 3.05) is 13.1 Å². The molecule has 0 radical (unpaired) electrons. The van der Waals surface area contributed by atoms with Gasteiger partial charge in [0.05, 0.1) is 0 Å². The van der Waals surface area contributed by atoms with Gasteiger partial charge in [-0.15, -0.1) is 0 Å². The SMILES string of the molecule is O=C(NC1CCN(C(=O)c2ccc(=O)[nH]n2)CC1)c1ccc(-c2ccccc2)cc1. The van der Waals surface area contributed by atoms with Gasteiger partial charge in [0.15, 0.2) is 0 Å². The van der Waals surface area contributed by atoms with Gasteiger partial charge < -0.3 is 10.2 Å². The smallest absolute Gasteiger partial charge is 0.274 e. The van der Waals surface area contributed by atoms with Crippen LogP contribution in [-0.2, 0) is 0 Å². The van der Waals surface area contributed by atoms with Gasteiger partial charge in [0.1, 0.15) is 5.69 Å². The maximum absolute atomic E-state index is 12.6. The summed E-state index contributed by atoms with van der Waals surface area (Å²) in [5.41, 5.74) is 2.67. The average molecular weight is 402 g/mol. The van der Waals surface area contributed by atoms with Gasteiger partial charge in [-0.3, -0.25) is 14.4 Å². The van der Waals surface area contributed by atoms with E-state index in [2.05, 4.69) is 15.5 Å². The molecule has 1 aliphatic rings. The molecule has 2 N–H and O–H groups in total. The topological polar surface area (TPSA) is 95.2 Å². The van der Waals surface area contributed by atoms with Crippen molar-refractivity contribution in [2.45, 2.75) is 18.9 Å². The largest absolute Gasteiger partial charge is 0.349 e. The highest BCUT2D eigenvalue weighted by Gasteiger charge is 2.25. The normalized spacial score (nSPS) is 14.3. The Labute approximate surface area is 173 Å². The Morgan fingerprint density at radius 2 is 1.57 bits per heavy atom. The van der Waals surface area contributed by atoms with E-state index >= 15 is 0 Å². The molecule has 152 valence electrons. The number of carbonyl (C=O) groups is 2. The number of aromatic amines is 1. The first-order chi connectivity index (χ1) is 14.6. The van der Waals surface area contributed by atoms with Crippen LogP contribution < -0.4 is 10.9 Å². The summed E-state index contributed by atoms with van der Waals surface area (Å²) in [7, 11) is 0. The van der Waals surface area contributed by atoms with E-state index in [0.717, 1.165) is 11.1 Å². The number of rotatable bonds is 4. The quantitative estimate of drug-likeness (QED) is 0.701. The van der Waals surface area contributed by atoms with Crippen LogP contribution in [0.25, 0.3) is 11.1 Å². The van der Waals surface area contributed by atoms with Crippen molar-refractivity contribution in [1.29, 1.82) is 0 Å². The van der Waals surface area contributed by atoms with E-state index in [1.165, 1.54) is 12.1 Å². The molecular formula is C23H22N4O3. The molecule has 30 heavy (non-hydrogen) atoms. The standard InChI is InChI=1S/C23H22N4O3/c28-21-11-10-20(25-26-21)23(30)27-14-12-19(13-15-27)24-22(29)18-8-6-17(7-9-18)16-4-2-1-3-5-16/h1-11,19H,12-15H2,(H,24,29)(H,26,28). The Morgan fingerprint density at radius 3 is 2.20 bits per heavy atom. The summed E-state index contributed by atoms with van der Waals surface area (Å²) in [6, 6.07) is 20.3. The summed E-state index contributed by atoms with van der Waals surface area (Å²) in [5.74, 6) is -0.325. The third kappa shape index (κ3) is 4.46. The molecule has 0 aliphatic carbocycles. The van der Waals surface area contributed by atoms with Crippen molar-refractivity contribution in [3.63, 3.8) is 0 Å². The minimum Gasteiger partial charge on any atom is -0.349 e. The first kappa shape index (κ1) is 19.6. The molecule has 0 bridgehead atoms. The molecule has 0 atom stereocenters. The monoisotopic (exact) mass is 402 g/mol. The van der Waals surface area contributed by atoms with Crippen LogP contribution in [0.4, 0.5) is 0 Å². The number of hydrogen-bond acceptors (Lipinski definition) is 4. The van der Waals surface area contributed by atoms with Crippen molar-refractivity contribution in [3.8, 4) is 11.1 Å². The Bertz CT molecular complexity index is 1060. The van der Waals surface area contributed by atoms with Gasteiger partial charge in [-0.1, -0.05) is 42.5 Å². The van der Waals surface area contributed by atoms with E-state index in [1.807, 2.05) is 54.6 Å². The fraction of sp³-hybridized carbons (Fsp3) is 0.217. The maximum atomic E-state index is 12.6. The summed E-state index contributed by atoms with van der Waals surface area (Å²) in [6.07, 6.45) is 1.34. The second-order valence-corrected chi connectivity index (χ2v) is 7.29. The van der Waals surface area contributed by atoms with E-state index in [4.69, 9.17) is 0 Å². The van der Waals surface area contributed by atoms with Crippen LogP contribution in [0.1, 0.15) is 33.7 Å². The third-order valence-electron chi connectivity index (χ3n) is 5.27. The van der Waals surface area contributed by atoms with Gasteiger partial charge in [0.25, 0.3) is 17.4 Å². The maximum Gasteiger partial charge on any atom is 0.274 e. The van der Waals surface area contributed by atoms with Crippen LogP contribution in [0.3, 0.4) is 0 Å². The average Bonchev–Trinajstić information content (AvgIpc) is 2.80. The summed E-state index contributed by atoms with van der Waals surface area (Å²) >= 11 is 0. The molecule has 2 heterocycles. The Hall–Kier alpha value is -3.74. The minimum absolute atomic E-state index is 0.0129. The zero-order valence-corrected chi connectivity index (χ0v) is 16.4. The lowest BCUT2D eigenvalue weighted by atomic mass is 10.0. The number of nitrogens with zero attached hydrogens (tertiary/aromatic N) is 2. The Balaban J connectivity index is 1.31. The van der Waals surface area contributed by atoms with Crippen LogP contribution in [0, 0.1) is 0 Å². The van der Waals surface area contributed by atoms with Gasteiger partial charge in [-0.05, 0) is 42.2 Å². The van der Waals surface area contributed by atoms with Crippen LogP contribution in [0.15, 0.2) is 71.5 Å². The molecule has 7 heteroatoms. The number of H-pyrrole nitrogens is 1. The van der Waals surface area contributed by atoms with Gasteiger partial charge in [-0.25, -0.2) is 5.10 Å². The van der Waals surface area contributed by atoms with Gasteiger partial charge in [-0.2, -0.15) is 5.10 Å². The van der Waals surface area contributed by atoms with Crippen molar-refractivity contribution in [1.82, 2.24) is 20.4 Å². The van der Waals surface area contributed by atoms with Crippen molar-refractivity contribution >= 4 is 11.8 Å². The van der Waals surface area contributed by atoms with Gasteiger partial charge in [0.2, 0.25) is 0 Å². The van der Waals surface area contributed by atoms with Crippen LogP contribution >= 0.6 is 0 Å². The first-order valence-corrected chi connectivity index (χ1v) is 9.91. The van der Waals surface area contributed by atoms with E-state index in [-0.39, 0.29) is 29.1 Å². The molecule has 2 amide bonds. The lowest BCUT2D eigenvalue weighted by Crippen LogP contribution is -2.46. The second-order valence-electron chi connectivity index (χ2n) is 7.29. The molecule has 2 aromatic carbocycles. The highest BCUT2D eigenvalue weighted by molar-refractivity contribution is 5.95. The van der Waals surface area contributed by atoms with E-state index < -0.39 is 0 Å². The summed E-state index contributed by atoms with van der Waals surface area (Å²) < 4.78 is 0. The molecule has 4 rings (SSSR count). The number of benzene rings is 2. The van der Waals surface area contributed by atoms with E-state index in [1.54, 1.807) is 4.90 Å². The molecule has 3 aromatic rings. The molecule has 0 saturated carbocycles. The summed E-state index contributed by atoms with van der Waals surface area (Å²) in [6.45, 7) is 1.05. The number of hydrogen-bond donors (Lipinski definition) is 2. The molecule has 0 unspecified atom stereocenters. The molecule has 1 aromatic heterocycles. The first-order valence-electron chi connectivity index (χ1n) is 9.91. The van der Waals surface area contributed by atoms with Crippen LogP contribution in [0.5, 0.6) is 0 Å². The molecule has 7 nitrogen and oxygen atoms in total. The van der Waals surface area contributed by atoms with Crippen molar-refractivity contribution < 1.29 is 9.59 Å². The fourth-order valence-electron chi connectivity index (χ4n) is 3.57. The minimum atomic E-state index is -0.343. The number of likely N-dealkylation sites (tertiary alicyclic amines) is 1. The Kier molecular flexibility index (Phi) is 5.70. The predicted molar refractivity (Wildman–Crippen MR) is 113 cm³/mol. The molecular weight excluding hydrogens is 380 g/mol. The lowest BCUT2D eigenvalue weighted by molar-refractivity contribution is 0.0691. The molecule has 1 aliphatic heterocycles. The summed E-state index contributed by atoms with van der Waals surface area (Å²) in [4.78, 5) is 37.8. The third-order valence-corrected chi connectivity index (χ3v) is 5.27. The van der Waals surface area contributed by atoms with Gasteiger partial charge in [0, 0.05) is 30.8 Å². The highest BCUT2D eigenvalue weighted by atomic mass is 16.2. The number of carbonyl (C=O) groups excluding carboxylic acids is 2. The van der Waals surface area contributed by atoms with Crippen LogP contribution in [-0.4, -0.2) is 46.0 Å².